The molecule has 2 atom stereocenters. The molecule has 91 valence electrons. The van der Waals surface area contributed by atoms with Gasteiger partial charge in [-0.1, -0.05) is 65.2 Å². The molecule has 0 aromatic rings. The van der Waals surface area contributed by atoms with Gasteiger partial charge >= 0.3 is 0 Å². The molecule has 0 spiro atoms. The molecule has 0 bridgehead atoms. The zero-order chi connectivity index (χ0) is 11.5. The van der Waals surface area contributed by atoms with Gasteiger partial charge in [0, 0.05) is 0 Å². The Morgan fingerprint density at radius 3 is 1.93 bits per heavy atom. The number of hydrogen-bond donors (Lipinski definition) is 0. The third-order valence-corrected chi connectivity index (χ3v) is 3.03. The van der Waals surface area contributed by atoms with Gasteiger partial charge in [-0.05, 0) is 19.3 Å². The largest absolute Gasteiger partial charge is 0.233 e. The van der Waals surface area contributed by atoms with Crippen molar-refractivity contribution in [1.29, 1.82) is 0 Å². The highest BCUT2D eigenvalue weighted by atomic mass is 16.3. The van der Waals surface area contributed by atoms with Crippen LogP contribution in [0.25, 0.3) is 0 Å². The summed E-state index contributed by atoms with van der Waals surface area (Å²) in [6.45, 7) is 6.25. The molecular weight excluding hydrogens is 184 g/mol. The van der Waals surface area contributed by atoms with Crippen molar-refractivity contribution >= 4 is 0 Å². The summed E-state index contributed by atoms with van der Waals surface area (Å²) in [4.78, 5) is 0. The molecule has 0 N–H and O–H groups in total. The first-order valence-electron chi connectivity index (χ1n) is 6.82. The van der Waals surface area contributed by atoms with Gasteiger partial charge in [0.1, 0.15) is 0 Å². The zero-order valence-electron chi connectivity index (χ0n) is 10.9. The smallest absolute Gasteiger partial charge is 0.0904 e. The van der Waals surface area contributed by atoms with E-state index in [9.17, 15) is 5.11 Å². The SMILES string of the molecule is CCCCCCCCCC(C)CC(C)[O]. The lowest BCUT2D eigenvalue weighted by molar-refractivity contribution is 0.0823. The van der Waals surface area contributed by atoms with Crippen LogP contribution in [0.2, 0.25) is 0 Å². The van der Waals surface area contributed by atoms with Crippen molar-refractivity contribution in [1.82, 2.24) is 0 Å². The first-order chi connectivity index (χ1) is 7.16. The summed E-state index contributed by atoms with van der Waals surface area (Å²) < 4.78 is 0. The first kappa shape index (κ1) is 15.0. The highest BCUT2D eigenvalue weighted by Crippen LogP contribution is 2.16. The first-order valence-corrected chi connectivity index (χ1v) is 6.82. The van der Waals surface area contributed by atoms with Crippen LogP contribution in [-0.2, 0) is 5.11 Å². The molecule has 1 nitrogen and oxygen atoms in total. The van der Waals surface area contributed by atoms with Crippen LogP contribution in [0.15, 0.2) is 0 Å². The normalized spacial score (nSPS) is 15.2. The molecule has 2 unspecified atom stereocenters. The van der Waals surface area contributed by atoms with E-state index in [0.29, 0.717) is 5.92 Å². The predicted octanol–water partition coefficient (Wildman–Crippen LogP) is 4.97. The van der Waals surface area contributed by atoms with Crippen molar-refractivity contribution in [3.8, 4) is 0 Å². The fourth-order valence-corrected chi connectivity index (χ4v) is 2.13. The molecule has 0 amide bonds. The van der Waals surface area contributed by atoms with Gasteiger partial charge in [-0.2, -0.15) is 0 Å². The van der Waals surface area contributed by atoms with Crippen LogP contribution in [0.3, 0.4) is 0 Å². The van der Waals surface area contributed by atoms with Crippen molar-refractivity contribution < 1.29 is 5.11 Å². The van der Waals surface area contributed by atoms with E-state index >= 15 is 0 Å². The quantitative estimate of drug-likeness (QED) is 0.456. The minimum Gasteiger partial charge on any atom is -0.233 e. The fraction of sp³-hybridized carbons (Fsp3) is 1.00. The maximum absolute atomic E-state index is 10.9. The molecule has 0 saturated carbocycles. The number of hydrogen-bond acceptors (Lipinski definition) is 0. The second-order valence-electron chi connectivity index (χ2n) is 5.06. The summed E-state index contributed by atoms with van der Waals surface area (Å²) in [5.74, 6) is 0.633. The summed E-state index contributed by atoms with van der Waals surface area (Å²) >= 11 is 0. The molecule has 0 heterocycles. The second kappa shape index (κ2) is 10.5. The Labute approximate surface area is 96.3 Å². The fourth-order valence-electron chi connectivity index (χ4n) is 2.13. The van der Waals surface area contributed by atoms with Crippen LogP contribution in [0.4, 0.5) is 0 Å². The molecule has 0 aromatic heterocycles. The van der Waals surface area contributed by atoms with Crippen LogP contribution >= 0.6 is 0 Å². The minimum atomic E-state index is -0.371. The van der Waals surface area contributed by atoms with Gasteiger partial charge in [-0.25, -0.2) is 5.11 Å². The summed E-state index contributed by atoms with van der Waals surface area (Å²) in [5.41, 5.74) is 0. The van der Waals surface area contributed by atoms with Gasteiger partial charge in [-0.15, -0.1) is 0 Å². The van der Waals surface area contributed by atoms with Crippen molar-refractivity contribution in [3.63, 3.8) is 0 Å². The van der Waals surface area contributed by atoms with Crippen molar-refractivity contribution in [2.24, 2.45) is 5.92 Å². The van der Waals surface area contributed by atoms with Gasteiger partial charge in [0.15, 0.2) is 0 Å². The van der Waals surface area contributed by atoms with E-state index in [1.165, 1.54) is 51.4 Å². The van der Waals surface area contributed by atoms with E-state index in [1.807, 2.05) is 0 Å². The third-order valence-electron chi connectivity index (χ3n) is 3.03. The summed E-state index contributed by atoms with van der Waals surface area (Å²) in [6, 6.07) is 0. The standard InChI is InChI=1S/C14H29O/c1-4-5-6-7-8-9-10-11-13(2)12-14(3)15/h13-14H,4-12H2,1-3H3. The molecule has 0 aromatic carbocycles. The Balaban J connectivity index is 3.09. The van der Waals surface area contributed by atoms with Gasteiger partial charge in [-0.3, -0.25) is 0 Å². The second-order valence-corrected chi connectivity index (χ2v) is 5.06. The van der Waals surface area contributed by atoms with E-state index < -0.39 is 0 Å². The van der Waals surface area contributed by atoms with Crippen molar-refractivity contribution in [3.05, 3.63) is 0 Å². The van der Waals surface area contributed by atoms with Gasteiger partial charge < -0.3 is 0 Å². The van der Waals surface area contributed by atoms with E-state index in [-0.39, 0.29) is 6.10 Å². The molecule has 0 saturated heterocycles. The topological polar surface area (TPSA) is 19.9 Å². The Morgan fingerprint density at radius 1 is 0.867 bits per heavy atom. The van der Waals surface area contributed by atoms with Crippen molar-refractivity contribution in [2.45, 2.75) is 84.7 Å². The number of rotatable bonds is 10. The van der Waals surface area contributed by atoms with Crippen molar-refractivity contribution in [2.75, 3.05) is 0 Å². The van der Waals surface area contributed by atoms with Crippen LogP contribution in [0, 0.1) is 5.92 Å². The van der Waals surface area contributed by atoms with Gasteiger partial charge in [0.05, 0.1) is 6.10 Å². The lowest BCUT2D eigenvalue weighted by atomic mass is 9.97. The van der Waals surface area contributed by atoms with E-state index in [4.69, 9.17) is 0 Å². The summed E-state index contributed by atoms with van der Waals surface area (Å²) in [6.07, 6.45) is 11.3. The van der Waals surface area contributed by atoms with Crippen LogP contribution in [-0.4, -0.2) is 6.10 Å². The number of unbranched alkanes of at least 4 members (excludes halogenated alkanes) is 6. The lowest BCUT2D eigenvalue weighted by Gasteiger charge is -2.11. The lowest BCUT2D eigenvalue weighted by Crippen LogP contribution is -2.05. The van der Waals surface area contributed by atoms with Crippen LogP contribution in [0.5, 0.6) is 0 Å². The molecule has 0 fully saturated rings. The van der Waals surface area contributed by atoms with Crippen LogP contribution in [0.1, 0.15) is 78.6 Å². The Hall–Kier alpha value is -0.0400. The Bertz CT molecular complexity index is 121. The maximum Gasteiger partial charge on any atom is 0.0904 e. The van der Waals surface area contributed by atoms with E-state index in [0.717, 1.165) is 6.42 Å². The molecule has 0 rings (SSSR count). The Morgan fingerprint density at radius 2 is 1.40 bits per heavy atom. The molecular formula is C14H29O. The van der Waals surface area contributed by atoms with Gasteiger partial charge in [0.2, 0.25) is 0 Å². The molecule has 1 radical (unpaired) electrons. The zero-order valence-corrected chi connectivity index (χ0v) is 10.9. The molecule has 15 heavy (non-hydrogen) atoms. The molecule has 0 aliphatic heterocycles. The van der Waals surface area contributed by atoms with E-state index in [1.54, 1.807) is 6.92 Å². The van der Waals surface area contributed by atoms with E-state index in [2.05, 4.69) is 13.8 Å². The highest BCUT2D eigenvalue weighted by Gasteiger charge is 2.06. The van der Waals surface area contributed by atoms with Gasteiger partial charge in [0.25, 0.3) is 0 Å². The maximum atomic E-state index is 10.9. The molecule has 0 aliphatic carbocycles. The summed E-state index contributed by atoms with van der Waals surface area (Å²) in [5, 5.41) is 10.9. The summed E-state index contributed by atoms with van der Waals surface area (Å²) in [7, 11) is 0. The highest BCUT2D eigenvalue weighted by molar-refractivity contribution is 4.57. The van der Waals surface area contributed by atoms with Crippen LogP contribution < -0.4 is 0 Å². The molecule has 1 heteroatoms. The minimum absolute atomic E-state index is 0.371. The molecule has 0 aliphatic rings. The Kier molecular flexibility index (Phi) is 10.4. The monoisotopic (exact) mass is 213 g/mol. The third kappa shape index (κ3) is 11.9. The predicted molar refractivity (Wildman–Crippen MR) is 66.5 cm³/mol. The average Bonchev–Trinajstić information content (AvgIpc) is 2.15. The average molecular weight is 213 g/mol.